The second-order valence-corrected chi connectivity index (χ2v) is 29.0. The van der Waals surface area contributed by atoms with Crippen LogP contribution in [0.1, 0.15) is 175 Å². The summed E-state index contributed by atoms with van der Waals surface area (Å²) in [6.07, 6.45) is 4.71. The van der Waals surface area contributed by atoms with Crippen molar-refractivity contribution in [1.82, 2.24) is 26.2 Å². The fourth-order valence-electron chi connectivity index (χ4n) is 11.3. The monoisotopic (exact) mass is 1530 g/mol. The Hall–Kier alpha value is -7.31. The molecule has 108 heavy (non-hydrogen) atoms. The van der Waals surface area contributed by atoms with E-state index in [0.717, 1.165) is 30.4 Å². The molecule has 0 heterocycles. The van der Waals surface area contributed by atoms with E-state index in [1.54, 1.807) is 81.1 Å². The van der Waals surface area contributed by atoms with Gasteiger partial charge in [-0.3, -0.25) is 43.2 Å². The average molecular weight is 1530 g/mol. The fourth-order valence-corrected chi connectivity index (χ4v) is 11.3. The Morgan fingerprint density at radius 3 is 1.04 bits per heavy atom. The van der Waals surface area contributed by atoms with E-state index in [-0.39, 0.29) is 182 Å². The van der Waals surface area contributed by atoms with Gasteiger partial charge in [0.25, 0.3) is 0 Å². The van der Waals surface area contributed by atoms with Crippen molar-refractivity contribution >= 4 is 64.9 Å². The number of nitrogens with zero attached hydrogens (tertiary/aromatic N) is 1. The molecule has 5 atom stereocenters. The number of rotatable bonds is 66. The van der Waals surface area contributed by atoms with Gasteiger partial charge in [0.1, 0.15) is 24.8 Å². The van der Waals surface area contributed by atoms with E-state index in [4.69, 9.17) is 58.8 Å². The molecule has 612 valence electrons. The minimum atomic E-state index is -0.877. The van der Waals surface area contributed by atoms with Crippen LogP contribution in [0.3, 0.4) is 0 Å². The van der Waals surface area contributed by atoms with Gasteiger partial charge in [-0.15, -0.1) is 0 Å². The standard InChI is InChI=1S/C80H131N7O21/c1-56(2)49-61(11)15-12-18-74(92)87(31-35-101-39-43-105-47-45-103-41-37-99-33-27-66(88)52-68(57(3)4)75(93)85-70(16-13-29-83-79(81)97)72(90)50-62-19-23-64(24-20-62)54-107-77(95)59(7)8)32-36-102-40-44-106-48-46-104-42-38-100-34-28-67(89)53-69(58(5)6)76(94)86-71(17-14-30-84-80(82)98)73(91)51-63-21-25-65(26-22-63)55-108-78(96)60(9)10/h19-26,56-61,68-71H,12-18,27-55H2,1-11H3,(H,85,93)(H,86,94)(H3,81,83,97)(H3,82,84,98)/t61?,68-,69-,70-,71-/m0/s1. The molecule has 0 spiro atoms. The Bertz CT molecular complexity index is 2740. The summed E-state index contributed by atoms with van der Waals surface area (Å²) in [5, 5.41) is 10.8. The van der Waals surface area contributed by atoms with Crippen molar-refractivity contribution in [1.29, 1.82) is 0 Å². The van der Waals surface area contributed by atoms with E-state index in [2.05, 4.69) is 42.0 Å². The van der Waals surface area contributed by atoms with Gasteiger partial charge >= 0.3 is 24.0 Å². The van der Waals surface area contributed by atoms with Gasteiger partial charge < -0.3 is 85.0 Å². The van der Waals surface area contributed by atoms with Gasteiger partial charge in [0.2, 0.25) is 17.7 Å². The fraction of sp³-hybridized carbons (Fsp3) is 0.713. The zero-order chi connectivity index (χ0) is 80.0. The Morgan fingerprint density at radius 2 is 0.722 bits per heavy atom. The normalized spacial score (nSPS) is 12.9. The predicted molar refractivity (Wildman–Crippen MR) is 408 cm³/mol. The van der Waals surface area contributed by atoms with Crippen molar-refractivity contribution < 1.29 is 100 Å². The van der Waals surface area contributed by atoms with E-state index in [1.165, 1.54) is 0 Å². The molecule has 0 fully saturated rings. The lowest BCUT2D eigenvalue weighted by Crippen LogP contribution is -2.46. The number of nitrogens with two attached hydrogens (primary N) is 2. The minimum Gasteiger partial charge on any atom is -0.461 e. The van der Waals surface area contributed by atoms with Gasteiger partial charge in [-0.2, -0.15) is 0 Å². The average Bonchev–Trinajstić information content (AvgIpc) is 0.861. The number of urea groups is 2. The summed E-state index contributed by atoms with van der Waals surface area (Å²) in [6, 6.07) is 11.1. The largest absolute Gasteiger partial charge is 0.461 e. The number of hydrogen-bond donors (Lipinski definition) is 6. The van der Waals surface area contributed by atoms with Crippen LogP contribution < -0.4 is 32.7 Å². The highest BCUT2D eigenvalue weighted by Crippen LogP contribution is 2.22. The molecule has 0 aromatic heterocycles. The highest BCUT2D eigenvalue weighted by atomic mass is 16.6. The lowest BCUT2D eigenvalue weighted by Gasteiger charge is -2.24. The summed E-state index contributed by atoms with van der Waals surface area (Å²) in [7, 11) is 0. The van der Waals surface area contributed by atoms with Gasteiger partial charge in [0, 0.05) is 83.0 Å². The Labute approximate surface area is 641 Å². The summed E-state index contributed by atoms with van der Waals surface area (Å²) in [6.45, 7) is 27.0. The van der Waals surface area contributed by atoms with Crippen LogP contribution in [0, 0.1) is 47.3 Å². The topological polar surface area (TPSA) is 383 Å². The number of ketones is 4. The van der Waals surface area contributed by atoms with Crippen LogP contribution >= 0.6 is 0 Å². The smallest absolute Gasteiger partial charge is 0.312 e. The number of hydrogen-bond acceptors (Lipinski definition) is 21. The summed E-state index contributed by atoms with van der Waals surface area (Å²) >= 11 is 0. The molecule has 0 radical (unpaired) electrons. The third-order valence-corrected chi connectivity index (χ3v) is 17.6. The first-order valence-corrected chi connectivity index (χ1v) is 38.7. The molecular formula is C80H131N7O21. The van der Waals surface area contributed by atoms with Crippen LogP contribution in [0.4, 0.5) is 9.59 Å². The van der Waals surface area contributed by atoms with E-state index < -0.39 is 47.8 Å². The van der Waals surface area contributed by atoms with Crippen LogP contribution in [0.2, 0.25) is 0 Å². The quantitative estimate of drug-likeness (QED) is 0.0270. The Morgan fingerprint density at radius 1 is 0.398 bits per heavy atom. The first-order valence-electron chi connectivity index (χ1n) is 38.7. The number of carbonyl (C=O) groups excluding carboxylic acids is 11. The molecule has 0 bridgehead atoms. The van der Waals surface area contributed by atoms with Crippen LogP contribution in [0.5, 0.6) is 0 Å². The van der Waals surface area contributed by atoms with E-state index >= 15 is 0 Å². The van der Waals surface area contributed by atoms with Crippen molar-refractivity contribution in [2.45, 2.75) is 191 Å². The summed E-state index contributed by atoms with van der Waals surface area (Å²) in [4.78, 5) is 142. The number of esters is 2. The van der Waals surface area contributed by atoms with E-state index in [0.29, 0.717) is 121 Å². The minimum absolute atomic E-state index is 0.0253. The van der Waals surface area contributed by atoms with Crippen LogP contribution in [0.25, 0.3) is 0 Å². The number of amides is 7. The zero-order valence-corrected chi connectivity index (χ0v) is 66.5. The number of nitrogens with one attached hydrogen (secondary N) is 4. The van der Waals surface area contributed by atoms with Gasteiger partial charge in [0.05, 0.1) is 130 Å². The first kappa shape index (κ1) is 96.8. The second-order valence-electron chi connectivity index (χ2n) is 29.0. The molecule has 2 aromatic rings. The maximum Gasteiger partial charge on any atom is 0.312 e. The first-order chi connectivity index (χ1) is 51.6. The maximum atomic E-state index is 13.7. The van der Waals surface area contributed by atoms with Crippen molar-refractivity contribution in [2.75, 3.05) is 132 Å². The number of ether oxygens (including phenoxy) is 10. The molecule has 8 N–H and O–H groups in total. The molecule has 0 aliphatic heterocycles. The second kappa shape index (κ2) is 58.6. The molecule has 1 unspecified atom stereocenters. The zero-order valence-electron chi connectivity index (χ0n) is 66.5. The van der Waals surface area contributed by atoms with E-state index in [1.807, 2.05) is 27.7 Å². The van der Waals surface area contributed by atoms with Crippen molar-refractivity contribution in [3.05, 3.63) is 70.8 Å². The molecule has 2 aromatic carbocycles. The highest BCUT2D eigenvalue weighted by molar-refractivity contribution is 5.94. The molecule has 0 aliphatic carbocycles. The van der Waals surface area contributed by atoms with Crippen molar-refractivity contribution in [2.24, 2.45) is 58.8 Å². The molecule has 0 saturated heterocycles. The molecule has 7 amide bonds. The third-order valence-electron chi connectivity index (χ3n) is 17.6. The Kier molecular flexibility index (Phi) is 52.5. The molecule has 28 nitrogen and oxygen atoms in total. The third kappa shape index (κ3) is 47.6. The van der Waals surface area contributed by atoms with Gasteiger partial charge in [-0.25, -0.2) is 9.59 Å². The summed E-state index contributed by atoms with van der Waals surface area (Å²) in [5.41, 5.74) is 13.4. The van der Waals surface area contributed by atoms with Crippen molar-refractivity contribution in [3.8, 4) is 0 Å². The summed E-state index contributed by atoms with van der Waals surface area (Å²) in [5.74, 6) is -3.39. The van der Waals surface area contributed by atoms with E-state index in [9.17, 15) is 52.7 Å². The number of carbonyl (C=O) groups is 11. The predicted octanol–water partition coefficient (Wildman–Crippen LogP) is 7.93. The Balaban J connectivity index is 1.67. The molecule has 0 saturated carbocycles. The van der Waals surface area contributed by atoms with Crippen molar-refractivity contribution in [3.63, 3.8) is 0 Å². The van der Waals surface area contributed by atoms with Gasteiger partial charge in [0.15, 0.2) is 11.6 Å². The molecular weight excluding hydrogens is 1390 g/mol. The lowest BCUT2D eigenvalue weighted by molar-refractivity contribution is -0.149. The van der Waals surface area contributed by atoms with Crippen LogP contribution in [-0.2, 0) is 117 Å². The molecule has 0 aliphatic rings. The molecule has 28 heteroatoms. The SMILES string of the molecule is CC(C)CC(C)CCCC(=O)N(CCOCCOCCOCCOCCC(=O)C[C@H](C(=O)N[C@@H](CCCNC(N)=O)C(=O)Cc1ccc(COC(=O)C(C)C)cc1)C(C)C)CCOCCOCCOCCOCCC(=O)C[C@H](C(=O)N[C@@H](CCCNC(N)=O)C(=O)Cc1ccc(COC(=O)C(C)C)cc1)C(C)C. The number of Topliss-reactive ketones (excluding diaryl/α,β-unsaturated/α-hetero) is 4. The highest BCUT2D eigenvalue weighted by Gasteiger charge is 2.31. The number of primary amides is 2. The lowest BCUT2D eigenvalue weighted by atomic mass is 9.88. The molecule has 2 rings (SSSR count). The maximum absolute atomic E-state index is 13.7. The van der Waals surface area contributed by atoms with Crippen LogP contribution in [-0.4, -0.2) is 214 Å². The van der Waals surface area contributed by atoms with Gasteiger partial charge in [-0.1, -0.05) is 131 Å². The summed E-state index contributed by atoms with van der Waals surface area (Å²) < 4.78 is 56.3. The van der Waals surface area contributed by atoms with Gasteiger partial charge in [-0.05, 0) is 84.5 Å². The number of benzene rings is 2. The van der Waals surface area contributed by atoms with Crippen LogP contribution in [0.15, 0.2) is 48.5 Å².